The van der Waals surface area contributed by atoms with Crippen molar-refractivity contribution < 1.29 is 4.74 Å². The van der Waals surface area contributed by atoms with Gasteiger partial charge in [0.1, 0.15) is 5.75 Å². The third-order valence-corrected chi connectivity index (χ3v) is 2.73. The molecule has 1 unspecified atom stereocenters. The Morgan fingerprint density at radius 2 is 1.94 bits per heavy atom. The lowest BCUT2D eigenvalue weighted by Gasteiger charge is -2.17. The van der Waals surface area contributed by atoms with E-state index < -0.39 is 0 Å². The molecule has 0 saturated heterocycles. The minimum atomic E-state index is 0.0910. The molecule has 1 atom stereocenters. The smallest absolute Gasteiger partial charge is 0.124 e. The number of nitrogens with zero attached hydrogens (tertiary/aromatic N) is 1. The van der Waals surface area contributed by atoms with Crippen LogP contribution >= 0.6 is 0 Å². The van der Waals surface area contributed by atoms with Crippen LogP contribution in [0.4, 0.5) is 0 Å². The molecule has 0 saturated carbocycles. The first-order chi connectivity index (χ1) is 7.63. The van der Waals surface area contributed by atoms with Crippen LogP contribution in [0.25, 0.3) is 0 Å². The molecule has 0 aliphatic heterocycles. The molecule has 1 aromatic rings. The predicted octanol–water partition coefficient (Wildman–Crippen LogP) is 2.49. The first kappa shape index (κ1) is 12.5. The monoisotopic (exact) mass is 218 g/mol. The van der Waals surface area contributed by atoms with Gasteiger partial charge in [0.2, 0.25) is 0 Å². The van der Waals surface area contributed by atoms with Gasteiger partial charge in [-0.2, -0.15) is 5.26 Å². The third-order valence-electron chi connectivity index (χ3n) is 2.73. The quantitative estimate of drug-likeness (QED) is 0.844. The maximum atomic E-state index is 8.75. The molecule has 1 N–H and O–H groups in total. The zero-order chi connectivity index (χ0) is 12.1. The Bertz CT molecular complexity index is 384. The normalized spacial score (nSPS) is 11.9. The zero-order valence-corrected chi connectivity index (χ0v) is 10.3. The summed E-state index contributed by atoms with van der Waals surface area (Å²) in [7, 11) is 3.55. The number of benzene rings is 1. The topological polar surface area (TPSA) is 45.0 Å². The van der Waals surface area contributed by atoms with Crippen LogP contribution in [-0.4, -0.2) is 14.2 Å². The summed E-state index contributed by atoms with van der Waals surface area (Å²) in [6.45, 7) is 4.04. The van der Waals surface area contributed by atoms with Crippen molar-refractivity contribution in [2.45, 2.75) is 26.3 Å². The standard InChI is InChI=1S/C13H18N2O/c1-9-7-11(12(15-3)5-6-14)8-10(2)13(9)16-4/h7-8,12,15H,5H2,1-4H3. The van der Waals surface area contributed by atoms with E-state index in [1.165, 1.54) is 0 Å². The van der Waals surface area contributed by atoms with Crippen molar-refractivity contribution in [3.63, 3.8) is 0 Å². The Morgan fingerprint density at radius 3 is 2.31 bits per heavy atom. The average molecular weight is 218 g/mol. The van der Waals surface area contributed by atoms with E-state index >= 15 is 0 Å². The highest BCUT2D eigenvalue weighted by Gasteiger charge is 2.12. The molecule has 16 heavy (non-hydrogen) atoms. The molecule has 3 heteroatoms. The lowest BCUT2D eigenvalue weighted by atomic mass is 9.98. The van der Waals surface area contributed by atoms with Crippen LogP contribution < -0.4 is 10.1 Å². The van der Waals surface area contributed by atoms with Gasteiger partial charge in [0.05, 0.1) is 19.6 Å². The number of hydrogen-bond donors (Lipinski definition) is 1. The zero-order valence-electron chi connectivity index (χ0n) is 10.3. The van der Waals surface area contributed by atoms with Gasteiger partial charge in [-0.25, -0.2) is 0 Å². The van der Waals surface area contributed by atoms with E-state index in [-0.39, 0.29) is 6.04 Å². The highest BCUT2D eigenvalue weighted by Crippen LogP contribution is 2.28. The van der Waals surface area contributed by atoms with E-state index in [0.717, 1.165) is 22.4 Å². The van der Waals surface area contributed by atoms with Crippen molar-refractivity contribution in [2.75, 3.05) is 14.2 Å². The third kappa shape index (κ3) is 2.53. The molecule has 0 fully saturated rings. The van der Waals surface area contributed by atoms with Gasteiger partial charge in [0.15, 0.2) is 0 Å². The Kier molecular flexibility index (Phi) is 4.33. The lowest BCUT2D eigenvalue weighted by molar-refractivity contribution is 0.408. The molecule has 3 nitrogen and oxygen atoms in total. The summed E-state index contributed by atoms with van der Waals surface area (Å²) in [5.74, 6) is 0.926. The van der Waals surface area contributed by atoms with Gasteiger partial charge in [-0.05, 0) is 37.6 Å². The van der Waals surface area contributed by atoms with Crippen LogP contribution in [0.5, 0.6) is 5.75 Å². The van der Waals surface area contributed by atoms with Crippen LogP contribution in [-0.2, 0) is 0 Å². The molecular formula is C13H18N2O. The molecule has 0 spiro atoms. The van der Waals surface area contributed by atoms with Crippen LogP contribution in [0, 0.1) is 25.2 Å². The molecule has 1 rings (SSSR count). The first-order valence-corrected chi connectivity index (χ1v) is 5.33. The van der Waals surface area contributed by atoms with E-state index in [1.54, 1.807) is 7.11 Å². The SMILES string of the molecule is CNC(CC#N)c1cc(C)c(OC)c(C)c1. The Hall–Kier alpha value is -1.53. The van der Waals surface area contributed by atoms with Gasteiger partial charge in [-0.1, -0.05) is 12.1 Å². The summed E-state index contributed by atoms with van der Waals surface area (Å²) >= 11 is 0. The Morgan fingerprint density at radius 1 is 1.38 bits per heavy atom. The van der Waals surface area contributed by atoms with Crippen LogP contribution in [0.1, 0.15) is 29.2 Å². The Balaban J connectivity index is 3.12. The van der Waals surface area contributed by atoms with Crippen LogP contribution in [0.15, 0.2) is 12.1 Å². The van der Waals surface area contributed by atoms with E-state index in [1.807, 2.05) is 20.9 Å². The summed E-state index contributed by atoms with van der Waals surface area (Å²) in [6, 6.07) is 6.43. The minimum absolute atomic E-state index is 0.0910. The number of methoxy groups -OCH3 is 1. The molecule has 0 aromatic heterocycles. The van der Waals surface area contributed by atoms with Crippen molar-refractivity contribution in [2.24, 2.45) is 0 Å². The maximum absolute atomic E-state index is 8.75. The Labute approximate surface area is 97.0 Å². The van der Waals surface area contributed by atoms with E-state index in [9.17, 15) is 0 Å². The molecule has 0 amide bonds. The van der Waals surface area contributed by atoms with Crippen molar-refractivity contribution in [1.29, 1.82) is 5.26 Å². The number of nitriles is 1. The van der Waals surface area contributed by atoms with E-state index in [0.29, 0.717) is 6.42 Å². The second-order valence-electron chi connectivity index (χ2n) is 3.89. The lowest BCUT2D eigenvalue weighted by Crippen LogP contribution is -2.16. The molecule has 0 aliphatic carbocycles. The second-order valence-corrected chi connectivity index (χ2v) is 3.89. The minimum Gasteiger partial charge on any atom is -0.496 e. The first-order valence-electron chi connectivity index (χ1n) is 5.33. The van der Waals surface area contributed by atoms with Crippen molar-refractivity contribution in [3.8, 4) is 11.8 Å². The number of hydrogen-bond acceptors (Lipinski definition) is 3. The summed E-state index contributed by atoms with van der Waals surface area (Å²) in [4.78, 5) is 0. The highest BCUT2D eigenvalue weighted by molar-refractivity contribution is 5.44. The number of ether oxygens (including phenoxy) is 1. The molecular weight excluding hydrogens is 200 g/mol. The molecule has 0 heterocycles. The van der Waals surface area contributed by atoms with Crippen LogP contribution in [0.3, 0.4) is 0 Å². The van der Waals surface area contributed by atoms with Gasteiger partial charge >= 0.3 is 0 Å². The second kappa shape index (κ2) is 5.53. The summed E-state index contributed by atoms with van der Waals surface area (Å²) in [5, 5.41) is 11.9. The molecule has 0 radical (unpaired) electrons. The van der Waals surface area contributed by atoms with Gasteiger partial charge in [0, 0.05) is 6.04 Å². The van der Waals surface area contributed by atoms with E-state index in [4.69, 9.17) is 10.00 Å². The fraction of sp³-hybridized carbons (Fsp3) is 0.462. The largest absolute Gasteiger partial charge is 0.496 e. The summed E-state index contributed by atoms with van der Waals surface area (Å²) < 4.78 is 5.32. The highest BCUT2D eigenvalue weighted by atomic mass is 16.5. The maximum Gasteiger partial charge on any atom is 0.124 e. The van der Waals surface area contributed by atoms with Crippen LogP contribution in [0.2, 0.25) is 0 Å². The number of rotatable bonds is 4. The van der Waals surface area contributed by atoms with Gasteiger partial charge in [-0.15, -0.1) is 0 Å². The van der Waals surface area contributed by atoms with E-state index in [2.05, 4.69) is 23.5 Å². The van der Waals surface area contributed by atoms with Crippen molar-refractivity contribution >= 4 is 0 Å². The fourth-order valence-corrected chi connectivity index (χ4v) is 1.98. The number of aryl methyl sites for hydroxylation is 2. The van der Waals surface area contributed by atoms with Crippen molar-refractivity contribution in [3.05, 3.63) is 28.8 Å². The van der Waals surface area contributed by atoms with Crippen molar-refractivity contribution in [1.82, 2.24) is 5.32 Å². The molecule has 1 aromatic carbocycles. The summed E-state index contributed by atoms with van der Waals surface area (Å²) in [6.07, 6.45) is 0.474. The number of nitrogens with one attached hydrogen (secondary N) is 1. The summed E-state index contributed by atoms with van der Waals surface area (Å²) in [5.41, 5.74) is 3.35. The molecule has 0 aliphatic rings. The molecule has 0 bridgehead atoms. The average Bonchev–Trinajstić information content (AvgIpc) is 2.25. The fourth-order valence-electron chi connectivity index (χ4n) is 1.98. The van der Waals surface area contributed by atoms with Gasteiger partial charge in [-0.3, -0.25) is 0 Å². The molecule has 86 valence electrons. The van der Waals surface area contributed by atoms with Gasteiger partial charge < -0.3 is 10.1 Å². The predicted molar refractivity (Wildman–Crippen MR) is 64.5 cm³/mol. The van der Waals surface area contributed by atoms with Gasteiger partial charge in [0.25, 0.3) is 0 Å².